The van der Waals surface area contributed by atoms with Gasteiger partial charge in [-0.15, -0.1) is 0 Å². The van der Waals surface area contributed by atoms with Crippen LogP contribution < -0.4 is 0 Å². The molecule has 5 heteroatoms. The third-order valence-electron chi connectivity index (χ3n) is 10.7. The molecule has 0 radical (unpaired) electrons. The van der Waals surface area contributed by atoms with Crippen LogP contribution >= 0.6 is 0 Å². The van der Waals surface area contributed by atoms with Gasteiger partial charge in [-0.2, -0.15) is 10.4 Å². The largest absolute Gasteiger partial charge is 0.381 e. The van der Waals surface area contributed by atoms with E-state index in [1.165, 1.54) is 32.1 Å². The predicted molar refractivity (Wildman–Crippen MR) is 123 cm³/mol. The quantitative estimate of drug-likeness (QED) is 0.646. The first-order valence-electron chi connectivity index (χ1n) is 12.8. The van der Waals surface area contributed by atoms with E-state index >= 15 is 0 Å². The number of fused-ring (bicyclic) bond motifs is 5. The summed E-state index contributed by atoms with van der Waals surface area (Å²) in [5.74, 6) is 3.91. The monoisotopic (exact) mass is 437 g/mol. The van der Waals surface area contributed by atoms with Crippen LogP contribution in [-0.4, -0.2) is 28.8 Å². The van der Waals surface area contributed by atoms with Crippen LogP contribution in [0.4, 0.5) is 0 Å². The van der Waals surface area contributed by atoms with Crippen molar-refractivity contribution in [2.75, 3.05) is 7.11 Å². The molecular formula is C27H39N3O2. The van der Waals surface area contributed by atoms with Crippen molar-refractivity contribution in [3.8, 4) is 6.07 Å². The summed E-state index contributed by atoms with van der Waals surface area (Å²) in [6.45, 7) is 7.71. The highest BCUT2D eigenvalue weighted by atomic mass is 16.5. The number of methoxy groups -OCH3 is 1. The van der Waals surface area contributed by atoms with Crippen LogP contribution in [-0.2, 0) is 16.1 Å². The van der Waals surface area contributed by atoms with Crippen molar-refractivity contribution in [2.24, 2.45) is 46.3 Å². The molecule has 0 saturated heterocycles. The van der Waals surface area contributed by atoms with Crippen molar-refractivity contribution >= 4 is 5.78 Å². The van der Waals surface area contributed by atoms with E-state index in [4.69, 9.17) is 10.00 Å². The summed E-state index contributed by atoms with van der Waals surface area (Å²) in [5, 5.41) is 13.3. The predicted octanol–water partition coefficient (Wildman–Crippen LogP) is 5.24. The van der Waals surface area contributed by atoms with Crippen LogP contribution in [0, 0.1) is 57.7 Å². The molecule has 4 aliphatic carbocycles. The van der Waals surface area contributed by atoms with Crippen LogP contribution in [0.15, 0.2) is 12.4 Å². The molecule has 0 bridgehead atoms. The van der Waals surface area contributed by atoms with Gasteiger partial charge in [0.1, 0.15) is 6.07 Å². The van der Waals surface area contributed by atoms with Crippen molar-refractivity contribution in [1.82, 2.24) is 9.78 Å². The van der Waals surface area contributed by atoms with Gasteiger partial charge in [0.25, 0.3) is 0 Å². The topological polar surface area (TPSA) is 67.9 Å². The molecule has 1 aromatic heterocycles. The van der Waals surface area contributed by atoms with Gasteiger partial charge in [-0.1, -0.05) is 27.2 Å². The van der Waals surface area contributed by atoms with Crippen LogP contribution in [0.2, 0.25) is 0 Å². The van der Waals surface area contributed by atoms with E-state index in [0.717, 1.165) is 37.0 Å². The first kappa shape index (κ1) is 22.1. The normalized spacial score (nSPS) is 45.4. The number of Topliss-reactive ketones (excluding diaryl/α,β-unsaturated/α-hetero) is 1. The van der Waals surface area contributed by atoms with E-state index in [-0.39, 0.29) is 17.9 Å². The Labute approximate surface area is 192 Å². The molecule has 4 saturated carbocycles. The average Bonchev–Trinajstić information content (AvgIpc) is 3.37. The van der Waals surface area contributed by atoms with Gasteiger partial charge in [0.05, 0.1) is 24.4 Å². The number of aromatic nitrogens is 2. The molecule has 0 amide bonds. The van der Waals surface area contributed by atoms with Crippen molar-refractivity contribution in [3.63, 3.8) is 0 Å². The molecule has 1 heterocycles. The summed E-state index contributed by atoms with van der Waals surface area (Å²) in [5.41, 5.74) is 1.02. The number of nitriles is 1. The summed E-state index contributed by atoms with van der Waals surface area (Å²) >= 11 is 0. The zero-order valence-corrected chi connectivity index (χ0v) is 20.2. The van der Waals surface area contributed by atoms with E-state index in [1.54, 1.807) is 17.1 Å². The number of nitrogens with zero attached hydrogens (tertiary/aromatic N) is 3. The molecule has 0 aliphatic heterocycles. The maximum Gasteiger partial charge on any atom is 0.157 e. The van der Waals surface area contributed by atoms with Gasteiger partial charge < -0.3 is 4.74 Å². The van der Waals surface area contributed by atoms with Crippen LogP contribution in [0.1, 0.15) is 77.7 Å². The summed E-state index contributed by atoms with van der Waals surface area (Å²) in [6, 6.07) is 2.11. The fraction of sp³-hybridized carbons (Fsp3) is 0.815. The molecule has 1 aromatic rings. The highest BCUT2D eigenvalue weighted by molar-refractivity contribution is 5.82. The van der Waals surface area contributed by atoms with Gasteiger partial charge in [0, 0.05) is 19.2 Å². The Balaban J connectivity index is 1.39. The first-order valence-corrected chi connectivity index (χ1v) is 12.8. The second kappa shape index (κ2) is 7.97. The van der Waals surface area contributed by atoms with E-state index in [9.17, 15) is 4.79 Å². The molecule has 5 rings (SSSR count). The SMILES string of the molecule is CO[C@H]1CC2C[C@@H](C)CC[C@]2(C)C2CC[C@@]3(C)C(CC[C@@H]3C(=O)Cn3cc(C#N)cn3)[C@@H]21. The zero-order chi connectivity index (χ0) is 22.7. The molecule has 0 aromatic carbocycles. The third-order valence-corrected chi connectivity index (χ3v) is 10.7. The number of carbonyl (C=O) groups is 1. The molecule has 174 valence electrons. The molecule has 0 N–H and O–H groups in total. The standard InChI is InChI=1S/C27H39N3O2/c1-17-7-9-26(2)19(11-17)12-24(32-4)25-21-6-5-20(27(21,3)10-8-22(25)26)23(31)16-30-15-18(13-28)14-29-30/h14-15,17,19-22,24-25H,5-12,16H2,1-4H3/t17-,19?,20+,21?,22?,24-,25-,26-,27+/m0/s1. The fourth-order valence-electron chi connectivity index (χ4n) is 8.97. The molecule has 4 aliphatic rings. The summed E-state index contributed by atoms with van der Waals surface area (Å²) in [4.78, 5) is 13.4. The lowest BCUT2D eigenvalue weighted by molar-refractivity contribution is -0.176. The molecule has 4 fully saturated rings. The molecule has 32 heavy (non-hydrogen) atoms. The van der Waals surface area contributed by atoms with Gasteiger partial charge in [-0.25, -0.2) is 0 Å². The lowest BCUT2D eigenvalue weighted by Gasteiger charge is -2.62. The molecule has 3 unspecified atom stereocenters. The van der Waals surface area contributed by atoms with Crippen LogP contribution in [0.5, 0.6) is 0 Å². The average molecular weight is 438 g/mol. The minimum atomic E-state index is 0.0609. The number of ketones is 1. The fourth-order valence-corrected chi connectivity index (χ4v) is 8.97. The van der Waals surface area contributed by atoms with Gasteiger partial charge in [0.15, 0.2) is 5.78 Å². The Bertz CT molecular complexity index is 918. The number of carbonyl (C=O) groups excluding carboxylic acids is 1. The summed E-state index contributed by atoms with van der Waals surface area (Å²) in [7, 11) is 1.92. The Kier molecular flexibility index (Phi) is 5.52. The maximum atomic E-state index is 13.4. The second-order valence-corrected chi connectivity index (χ2v) is 12.1. The Hall–Kier alpha value is -1.67. The highest BCUT2D eigenvalue weighted by Crippen LogP contribution is 2.68. The zero-order valence-electron chi connectivity index (χ0n) is 20.2. The lowest BCUT2D eigenvalue weighted by atomic mass is 9.43. The summed E-state index contributed by atoms with van der Waals surface area (Å²) < 4.78 is 7.87. The van der Waals surface area contributed by atoms with Crippen LogP contribution in [0.25, 0.3) is 0 Å². The lowest BCUT2D eigenvalue weighted by Crippen LogP contribution is -2.58. The minimum Gasteiger partial charge on any atom is -0.381 e. The minimum absolute atomic E-state index is 0.0609. The molecule has 5 nitrogen and oxygen atoms in total. The van der Waals surface area contributed by atoms with Crippen molar-refractivity contribution in [3.05, 3.63) is 18.0 Å². The van der Waals surface area contributed by atoms with E-state index < -0.39 is 0 Å². The number of rotatable bonds is 4. The second-order valence-electron chi connectivity index (χ2n) is 12.1. The smallest absolute Gasteiger partial charge is 0.157 e. The molecular weight excluding hydrogens is 398 g/mol. The van der Waals surface area contributed by atoms with E-state index in [2.05, 4.69) is 31.9 Å². The van der Waals surface area contributed by atoms with Gasteiger partial charge in [-0.05, 0) is 85.4 Å². The maximum absolute atomic E-state index is 13.4. The Morgan fingerprint density at radius 3 is 2.66 bits per heavy atom. The summed E-state index contributed by atoms with van der Waals surface area (Å²) in [6.07, 6.45) is 13.4. The Morgan fingerprint density at radius 2 is 1.94 bits per heavy atom. The first-order chi connectivity index (χ1) is 15.3. The van der Waals surface area contributed by atoms with Crippen molar-refractivity contribution in [1.29, 1.82) is 5.26 Å². The number of ether oxygens (including phenoxy) is 1. The van der Waals surface area contributed by atoms with E-state index in [1.807, 2.05) is 7.11 Å². The molecule has 0 spiro atoms. The third kappa shape index (κ3) is 3.28. The van der Waals surface area contributed by atoms with Crippen LogP contribution in [0.3, 0.4) is 0 Å². The van der Waals surface area contributed by atoms with Gasteiger partial charge in [-0.3, -0.25) is 9.48 Å². The molecule has 9 atom stereocenters. The van der Waals surface area contributed by atoms with E-state index in [0.29, 0.717) is 34.7 Å². The van der Waals surface area contributed by atoms with Gasteiger partial charge >= 0.3 is 0 Å². The number of hydrogen-bond acceptors (Lipinski definition) is 4. The van der Waals surface area contributed by atoms with Crippen molar-refractivity contribution in [2.45, 2.75) is 84.8 Å². The number of hydrogen-bond donors (Lipinski definition) is 0. The van der Waals surface area contributed by atoms with Crippen molar-refractivity contribution < 1.29 is 9.53 Å². The van der Waals surface area contributed by atoms with Gasteiger partial charge in [0.2, 0.25) is 0 Å². The highest BCUT2D eigenvalue weighted by Gasteiger charge is 2.63. The Morgan fingerprint density at radius 1 is 1.19 bits per heavy atom.